The van der Waals surface area contributed by atoms with E-state index >= 15 is 0 Å². The zero-order chi connectivity index (χ0) is 19.7. The van der Waals surface area contributed by atoms with E-state index in [0.717, 1.165) is 75.1 Å². The molecular formula is C19H28ClN5O2S. The molecule has 28 heavy (non-hydrogen) atoms. The molecule has 4 rings (SSSR count). The molecule has 0 aliphatic carbocycles. The molecule has 2 saturated heterocycles. The fourth-order valence-corrected chi connectivity index (χ4v) is 5.36. The Morgan fingerprint density at radius 3 is 2.79 bits per heavy atom. The average molecular weight is 426 g/mol. The predicted octanol–water partition coefficient (Wildman–Crippen LogP) is 2.07. The van der Waals surface area contributed by atoms with Gasteiger partial charge in [0, 0.05) is 56.7 Å². The standard InChI is InChI=1S/C19H28ClN5O2S/c1-13-10-23(11-14(2)26)3-4-25(13)12-15-9-16-17(28-15)18(22-19(20)21-16)24-5-7-27-8-6-24/h9,13-14,26H,3-8,10-12H2,1-2H3/t13-,14-/m0/s1. The number of rotatable bonds is 5. The van der Waals surface area contributed by atoms with Gasteiger partial charge in [-0.15, -0.1) is 11.3 Å². The van der Waals surface area contributed by atoms with Gasteiger partial charge < -0.3 is 14.7 Å². The number of halogens is 1. The zero-order valence-electron chi connectivity index (χ0n) is 16.5. The number of hydrogen-bond donors (Lipinski definition) is 1. The van der Waals surface area contributed by atoms with Crippen molar-refractivity contribution in [2.75, 3.05) is 57.4 Å². The number of piperazine rings is 1. The topological polar surface area (TPSA) is 65.0 Å². The van der Waals surface area contributed by atoms with E-state index in [4.69, 9.17) is 16.3 Å². The minimum Gasteiger partial charge on any atom is -0.392 e. The molecule has 2 aromatic heterocycles. The van der Waals surface area contributed by atoms with Gasteiger partial charge in [0.15, 0.2) is 5.82 Å². The molecule has 2 fully saturated rings. The third-order valence-electron chi connectivity index (χ3n) is 5.42. The molecule has 4 heterocycles. The van der Waals surface area contributed by atoms with Gasteiger partial charge in [-0.1, -0.05) is 0 Å². The molecule has 9 heteroatoms. The summed E-state index contributed by atoms with van der Waals surface area (Å²) in [6.45, 7) is 11.9. The summed E-state index contributed by atoms with van der Waals surface area (Å²) in [5.74, 6) is 0.935. The molecule has 2 atom stereocenters. The van der Waals surface area contributed by atoms with Gasteiger partial charge in [-0.3, -0.25) is 9.80 Å². The molecule has 2 aliphatic rings. The number of ether oxygens (including phenoxy) is 1. The summed E-state index contributed by atoms with van der Waals surface area (Å²) < 4.78 is 6.59. The van der Waals surface area contributed by atoms with Gasteiger partial charge in [-0.05, 0) is 31.5 Å². The number of aliphatic hydroxyl groups is 1. The van der Waals surface area contributed by atoms with E-state index in [1.165, 1.54) is 4.88 Å². The van der Waals surface area contributed by atoms with Crippen LogP contribution >= 0.6 is 22.9 Å². The molecule has 2 aliphatic heterocycles. The smallest absolute Gasteiger partial charge is 0.224 e. The van der Waals surface area contributed by atoms with Gasteiger partial charge in [0.2, 0.25) is 5.28 Å². The molecule has 0 unspecified atom stereocenters. The third kappa shape index (κ3) is 4.58. The van der Waals surface area contributed by atoms with Gasteiger partial charge >= 0.3 is 0 Å². The van der Waals surface area contributed by atoms with Crippen LogP contribution in [0.4, 0.5) is 5.82 Å². The summed E-state index contributed by atoms with van der Waals surface area (Å²) in [5.41, 5.74) is 0.932. The van der Waals surface area contributed by atoms with Crippen molar-refractivity contribution >= 4 is 39.0 Å². The minimum atomic E-state index is -0.275. The molecule has 0 radical (unpaired) electrons. The van der Waals surface area contributed by atoms with Gasteiger partial charge in [0.05, 0.1) is 29.5 Å². The highest BCUT2D eigenvalue weighted by atomic mass is 35.5. The largest absolute Gasteiger partial charge is 0.392 e. The van der Waals surface area contributed by atoms with Gasteiger partial charge in [-0.25, -0.2) is 4.98 Å². The van der Waals surface area contributed by atoms with Crippen LogP contribution in [-0.2, 0) is 11.3 Å². The summed E-state index contributed by atoms with van der Waals surface area (Å²) in [6, 6.07) is 2.61. The second kappa shape index (κ2) is 8.77. The molecule has 7 nitrogen and oxygen atoms in total. The van der Waals surface area contributed by atoms with E-state index in [-0.39, 0.29) is 6.10 Å². The average Bonchev–Trinajstić information content (AvgIpc) is 3.05. The molecule has 0 bridgehead atoms. The maximum absolute atomic E-state index is 9.64. The number of thiophene rings is 1. The second-order valence-corrected chi connectivity index (χ2v) is 9.25. The van der Waals surface area contributed by atoms with Crippen LogP contribution in [0.5, 0.6) is 0 Å². The van der Waals surface area contributed by atoms with E-state index in [0.29, 0.717) is 11.3 Å². The van der Waals surface area contributed by atoms with E-state index in [1.54, 1.807) is 11.3 Å². The number of aromatic nitrogens is 2. The lowest BCUT2D eigenvalue weighted by Crippen LogP contribution is -2.52. The van der Waals surface area contributed by atoms with Gasteiger partial charge in [0.25, 0.3) is 0 Å². The molecule has 154 valence electrons. The summed E-state index contributed by atoms with van der Waals surface area (Å²) in [7, 11) is 0. The monoisotopic (exact) mass is 425 g/mol. The normalized spacial score (nSPS) is 23.4. The van der Waals surface area contributed by atoms with Crippen molar-refractivity contribution in [2.45, 2.75) is 32.5 Å². The first kappa shape index (κ1) is 20.3. The van der Waals surface area contributed by atoms with Gasteiger partial charge in [-0.2, -0.15) is 4.98 Å². The summed E-state index contributed by atoms with van der Waals surface area (Å²) >= 11 is 7.98. The quantitative estimate of drug-likeness (QED) is 0.735. The number of hydrogen-bond acceptors (Lipinski definition) is 8. The lowest BCUT2D eigenvalue weighted by molar-refractivity contribution is 0.0477. The molecule has 2 aromatic rings. The molecule has 1 N–H and O–H groups in total. The van der Waals surface area contributed by atoms with Crippen LogP contribution in [0.25, 0.3) is 10.2 Å². The van der Waals surface area contributed by atoms with Crippen molar-refractivity contribution in [1.82, 2.24) is 19.8 Å². The SMILES string of the molecule is C[C@H](O)CN1CCN(Cc2cc3nc(Cl)nc(N4CCOCC4)c3s2)[C@@H](C)C1. The van der Waals surface area contributed by atoms with Crippen molar-refractivity contribution in [3.63, 3.8) is 0 Å². The highest BCUT2D eigenvalue weighted by molar-refractivity contribution is 7.19. The van der Waals surface area contributed by atoms with Crippen molar-refractivity contribution in [2.24, 2.45) is 0 Å². The van der Waals surface area contributed by atoms with Crippen LogP contribution < -0.4 is 4.90 Å². The highest BCUT2D eigenvalue weighted by Crippen LogP contribution is 2.34. The van der Waals surface area contributed by atoms with E-state index < -0.39 is 0 Å². The van der Waals surface area contributed by atoms with Crippen LogP contribution in [0.1, 0.15) is 18.7 Å². The maximum Gasteiger partial charge on any atom is 0.224 e. The minimum absolute atomic E-state index is 0.275. The Kier molecular flexibility index (Phi) is 6.34. The maximum atomic E-state index is 9.64. The lowest BCUT2D eigenvalue weighted by atomic mass is 10.1. The van der Waals surface area contributed by atoms with Crippen molar-refractivity contribution in [3.8, 4) is 0 Å². The predicted molar refractivity (Wildman–Crippen MR) is 113 cm³/mol. The van der Waals surface area contributed by atoms with Gasteiger partial charge in [0.1, 0.15) is 0 Å². The Morgan fingerprint density at radius 1 is 1.29 bits per heavy atom. The van der Waals surface area contributed by atoms with Crippen molar-refractivity contribution < 1.29 is 9.84 Å². The number of β-amino-alcohol motifs (C(OH)–C–C–N with tert-alkyl or cyclic N) is 1. The number of morpholine rings is 1. The Balaban J connectivity index is 1.50. The Hall–Kier alpha value is -1.03. The Bertz CT molecular complexity index is 811. The number of aliphatic hydroxyl groups excluding tert-OH is 1. The molecule has 0 spiro atoms. The number of fused-ring (bicyclic) bond motifs is 1. The summed E-state index contributed by atoms with van der Waals surface area (Å²) in [5, 5.41) is 9.94. The fraction of sp³-hybridized carbons (Fsp3) is 0.684. The third-order valence-corrected chi connectivity index (χ3v) is 6.69. The lowest BCUT2D eigenvalue weighted by Gasteiger charge is -2.40. The Morgan fingerprint density at radius 2 is 2.07 bits per heavy atom. The first-order valence-corrected chi connectivity index (χ1v) is 11.1. The van der Waals surface area contributed by atoms with Crippen LogP contribution in [0, 0.1) is 0 Å². The van der Waals surface area contributed by atoms with Crippen LogP contribution in [0.2, 0.25) is 5.28 Å². The molecule has 0 amide bonds. The number of anilines is 1. The first-order chi connectivity index (χ1) is 13.5. The van der Waals surface area contributed by atoms with Crippen LogP contribution in [0.15, 0.2) is 6.07 Å². The van der Waals surface area contributed by atoms with Crippen molar-refractivity contribution in [3.05, 3.63) is 16.2 Å². The summed E-state index contributed by atoms with van der Waals surface area (Å²) in [6.07, 6.45) is -0.275. The Labute approximate surface area is 174 Å². The first-order valence-electron chi connectivity index (χ1n) is 9.92. The van der Waals surface area contributed by atoms with Crippen LogP contribution in [-0.4, -0.2) is 89.5 Å². The zero-order valence-corrected chi connectivity index (χ0v) is 18.0. The molecular weight excluding hydrogens is 398 g/mol. The number of nitrogens with zero attached hydrogens (tertiary/aromatic N) is 5. The second-order valence-electron chi connectivity index (χ2n) is 7.77. The van der Waals surface area contributed by atoms with E-state index in [9.17, 15) is 5.11 Å². The van der Waals surface area contributed by atoms with Crippen LogP contribution in [0.3, 0.4) is 0 Å². The highest BCUT2D eigenvalue weighted by Gasteiger charge is 2.25. The molecule has 0 aromatic carbocycles. The van der Waals surface area contributed by atoms with Crippen molar-refractivity contribution in [1.29, 1.82) is 0 Å². The molecule has 0 saturated carbocycles. The van der Waals surface area contributed by atoms with E-state index in [1.807, 2.05) is 6.92 Å². The fourth-order valence-electron chi connectivity index (χ4n) is 4.05. The van der Waals surface area contributed by atoms with E-state index in [2.05, 4.69) is 37.7 Å². The summed E-state index contributed by atoms with van der Waals surface area (Å²) in [4.78, 5) is 17.4.